The zero-order chi connectivity index (χ0) is 24.6. The predicted octanol–water partition coefficient (Wildman–Crippen LogP) is 6.21. The Labute approximate surface area is 223 Å². The van der Waals surface area contributed by atoms with Gasteiger partial charge >= 0.3 is 6.09 Å². The highest BCUT2D eigenvalue weighted by Crippen LogP contribution is 2.31. The molecule has 0 aliphatic carbocycles. The quantitative estimate of drug-likeness (QED) is 0.258. The molecule has 3 aromatic rings. The number of fused-ring (bicyclic) bond motifs is 1. The number of aromatic nitrogens is 3. The van der Waals surface area contributed by atoms with Crippen molar-refractivity contribution in [3.8, 4) is 0 Å². The van der Waals surface area contributed by atoms with Crippen LogP contribution in [-0.4, -0.2) is 61.7 Å². The van der Waals surface area contributed by atoms with Crippen molar-refractivity contribution in [3.05, 3.63) is 52.0 Å². The third kappa shape index (κ3) is 5.39. The Kier molecular flexibility index (Phi) is 7.50. The molecule has 7 nitrogen and oxygen atoms in total. The minimum atomic E-state index is -0.510. The van der Waals surface area contributed by atoms with Gasteiger partial charge in [-0.3, -0.25) is 0 Å². The number of benzene rings is 2. The number of nitrogens with zero attached hydrogens (tertiary/aromatic N) is 5. The van der Waals surface area contributed by atoms with Gasteiger partial charge in [-0.25, -0.2) is 9.48 Å². The fraction of sp³-hybridized carbons (Fsp3) is 0.458. The summed E-state index contributed by atoms with van der Waals surface area (Å²) in [7, 11) is 0. The van der Waals surface area contributed by atoms with E-state index in [0.29, 0.717) is 16.6 Å². The molecule has 4 rings (SSSR count). The minimum absolute atomic E-state index is 0.0646. The van der Waals surface area contributed by atoms with Crippen molar-refractivity contribution in [1.29, 1.82) is 0 Å². The predicted molar refractivity (Wildman–Crippen MR) is 146 cm³/mol. The summed E-state index contributed by atoms with van der Waals surface area (Å²) in [6.45, 7) is 9.78. The first-order valence-electron chi connectivity index (χ1n) is 11.2. The van der Waals surface area contributed by atoms with Crippen LogP contribution >= 0.6 is 45.8 Å². The van der Waals surface area contributed by atoms with Crippen molar-refractivity contribution in [2.75, 3.05) is 29.0 Å². The van der Waals surface area contributed by atoms with Gasteiger partial charge in [0.2, 0.25) is 0 Å². The number of anilines is 1. The summed E-state index contributed by atoms with van der Waals surface area (Å²) in [6, 6.07) is 11.6. The molecule has 1 aliphatic rings. The topological polar surface area (TPSA) is 63.5 Å². The molecule has 0 radical (unpaired) electrons. The third-order valence-electron chi connectivity index (χ3n) is 5.89. The summed E-state index contributed by atoms with van der Waals surface area (Å²) in [4.78, 5) is 16.9. The third-order valence-corrected chi connectivity index (χ3v) is 7.47. The summed E-state index contributed by atoms with van der Waals surface area (Å²) in [5.74, 6) is 0. The SMILES string of the molecule is C[C@H](c1ccc(Cl)cc1Cl)n1nnc2ccc(N3CCN(C(=O)OC(C)(C)C)[C@H](CI)C3)cc21. The maximum absolute atomic E-state index is 12.7. The van der Waals surface area contributed by atoms with Gasteiger partial charge in [0, 0.05) is 39.8 Å². The molecule has 0 N–H and O–H groups in total. The molecular formula is C24H28Cl2IN5O2. The van der Waals surface area contributed by atoms with E-state index in [1.807, 2.05) is 55.5 Å². The van der Waals surface area contributed by atoms with Crippen LogP contribution in [0.15, 0.2) is 36.4 Å². The van der Waals surface area contributed by atoms with Gasteiger partial charge in [-0.15, -0.1) is 5.10 Å². The Balaban J connectivity index is 1.58. The number of ether oxygens (including phenoxy) is 1. The Morgan fingerprint density at radius 2 is 1.97 bits per heavy atom. The van der Waals surface area contributed by atoms with E-state index in [9.17, 15) is 4.79 Å². The number of rotatable bonds is 4. The van der Waals surface area contributed by atoms with Crippen LogP contribution in [0.5, 0.6) is 0 Å². The monoisotopic (exact) mass is 615 g/mol. The molecule has 0 unspecified atom stereocenters. The lowest BCUT2D eigenvalue weighted by Crippen LogP contribution is -2.57. The number of carbonyl (C=O) groups is 1. The van der Waals surface area contributed by atoms with Crippen LogP contribution in [0.1, 0.15) is 39.3 Å². The van der Waals surface area contributed by atoms with Gasteiger partial charge in [0.1, 0.15) is 11.1 Å². The van der Waals surface area contributed by atoms with E-state index in [1.165, 1.54) is 0 Å². The van der Waals surface area contributed by atoms with E-state index >= 15 is 0 Å². The summed E-state index contributed by atoms with van der Waals surface area (Å²) < 4.78 is 8.34. The van der Waals surface area contributed by atoms with Gasteiger partial charge in [0.25, 0.3) is 0 Å². The maximum atomic E-state index is 12.7. The van der Waals surface area contributed by atoms with Crippen LogP contribution in [0.2, 0.25) is 10.0 Å². The van der Waals surface area contributed by atoms with Crippen molar-refractivity contribution in [2.24, 2.45) is 0 Å². The van der Waals surface area contributed by atoms with Crippen molar-refractivity contribution in [1.82, 2.24) is 19.9 Å². The summed E-state index contributed by atoms with van der Waals surface area (Å²) >= 11 is 14.9. The molecule has 2 atom stereocenters. The highest BCUT2D eigenvalue weighted by molar-refractivity contribution is 14.1. The van der Waals surface area contributed by atoms with Crippen molar-refractivity contribution < 1.29 is 9.53 Å². The van der Waals surface area contributed by atoms with Crippen LogP contribution < -0.4 is 4.90 Å². The maximum Gasteiger partial charge on any atom is 0.410 e. The van der Waals surface area contributed by atoms with E-state index in [4.69, 9.17) is 27.9 Å². The van der Waals surface area contributed by atoms with Crippen LogP contribution in [-0.2, 0) is 4.74 Å². The Bertz CT molecular complexity index is 1200. The molecule has 34 heavy (non-hydrogen) atoms. The van der Waals surface area contributed by atoms with Crippen molar-refractivity contribution in [3.63, 3.8) is 0 Å². The van der Waals surface area contributed by atoms with E-state index < -0.39 is 5.60 Å². The average Bonchev–Trinajstić information content (AvgIpc) is 3.20. The first kappa shape index (κ1) is 25.3. The number of hydrogen-bond acceptors (Lipinski definition) is 5. The molecular weight excluding hydrogens is 588 g/mol. The Hall–Kier alpha value is -1.78. The fourth-order valence-electron chi connectivity index (χ4n) is 4.16. The Morgan fingerprint density at radius 3 is 2.65 bits per heavy atom. The first-order chi connectivity index (χ1) is 16.1. The van der Waals surface area contributed by atoms with Crippen LogP contribution in [0.4, 0.5) is 10.5 Å². The van der Waals surface area contributed by atoms with Gasteiger partial charge in [-0.1, -0.05) is 57.1 Å². The van der Waals surface area contributed by atoms with Gasteiger partial charge in [-0.2, -0.15) is 0 Å². The van der Waals surface area contributed by atoms with E-state index in [0.717, 1.165) is 39.8 Å². The standard InChI is InChI=1S/C24H28Cl2IN5O2/c1-15(19-7-5-16(25)11-20(19)26)32-22-12-17(6-8-21(22)28-29-32)30-9-10-31(18(13-27)14-30)23(33)34-24(2,3)4/h5-8,11-12,15,18H,9-10,13-14H2,1-4H3/t15-,18-/m1/s1. The largest absolute Gasteiger partial charge is 0.444 e. The summed E-state index contributed by atoms with van der Waals surface area (Å²) in [5, 5.41) is 9.96. The fourth-order valence-corrected chi connectivity index (χ4v) is 5.48. The first-order valence-corrected chi connectivity index (χ1v) is 13.5. The van der Waals surface area contributed by atoms with Crippen LogP contribution in [0.3, 0.4) is 0 Å². The van der Waals surface area contributed by atoms with E-state index in [-0.39, 0.29) is 18.2 Å². The van der Waals surface area contributed by atoms with E-state index in [1.54, 1.807) is 6.07 Å². The molecule has 1 amide bonds. The molecule has 1 saturated heterocycles. The molecule has 1 aliphatic heterocycles. The lowest BCUT2D eigenvalue weighted by molar-refractivity contribution is 0.0166. The lowest BCUT2D eigenvalue weighted by Gasteiger charge is -2.42. The van der Waals surface area contributed by atoms with Gasteiger partial charge < -0.3 is 14.5 Å². The molecule has 2 aromatic carbocycles. The van der Waals surface area contributed by atoms with Crippen LogP contribution in [0.25, 0.3) is 11.0 Å². The van der Waals surface area contributed by atoms with Crippen molar-refractivity contribution >= 4 is 68.6 Å². The lowest BCUT2D eigenvalue weighted by atomic mass is 10.1. The molecule has 1 fully saturated rings. The second-order valence-electron chi connectivity index (χ2n) is 9.48. The summed E-state index contributed by atoms with van der Waals surface area (Å²) in [6.07, 6.45) is -0.250. The number of piperazine rings is 1. The van der Waals surface area contributed by atoms with Gasteiger partial charge in [0.05, 0.1) is 17.6 Å². The van der Waals surface area contributed by atoms with E-state index in [2.05, 4.69) is 49.9 Å². The molecule has 2 heterocycles. The zero-order valence-corrected chi connectivity index (χ0v) is 23.3. The molecule has 182 valence electrons. The highest BCUT2D eigenvalue weighted by Gasteiger charge is 2.33. The smallest absolute Gasteiger partial charge is 0.410 e. The van der Waals surface area contributed by atoms with Crippen LogP contribution in [0, 0.1) is 0 Å². The second kappa shape index (κ2) is 10.1. The number of carbonyl (C=O) groups excluding carboxylic acids is 1. The van der Waals surface area contributed by atoms with Gasteiger partial charge in [0.15, 0.2) is 0 Å². The number of amides is 1. The van der Waals surface area contributed by atoms with Crippen molar-refractivity contribution in [2.45, 2.75) is 45.4 Å². The number of alkyl halides is 1. The number of hydrogen-bond donors (Lipinski definition) is 0. The molecule has 1 aromatic heterocycles. The summed E-state index contributed by atoms with van der Waals surface area (Å²) in [5.41, 5.74) is 3.24. The highest BCUT2D eigenvalue weighted by atomic mass is 127. The average molecular weight is 616 g/mol. The molecule has 0 bridgehead atoms. The zero-order valence-electron chi connectivity index (χ0n) is 19.6. The molecule has 0 saturated carbocycles. The number of halogens is 3. The Morgan fingerprint density at radius 1 is 1.21 bits per heavy atom. The normalized spacial score (nSPS) is 17.8. The second-order valence-corrected chi connectivity index (χ2v) is 11.2. The van der Waals surface area contributed by atoms with Gasteiger partial charge in [-0.05, 0) is 63.6 Å². The molecule has 0 spiro atoms. The minimum Gasteiger partial charge on any atom is -0.444 e. The molecule has 10 heteroatoms.